The van der Waals surface area contributed by atoms with Crippen LogP contribution in [0.3, 0.4) is 0 Å². The molecule has 0 saturated heterocycles. The second kappa shape index (κ2) is 10.8. The number of carbonyl (C=O) groups excluding carboxylic acids is 1. The number of aryl methyl sites for hydroxylation is 1. The average molecular weight is 505 g/mol. The van der Waals surface area contributed by atoms with Crippen molar-refractivity contribution in [1.29, 1.82) is 0 Å². The summed E-state index contributed by atoms with van der Waals surface area (Å²) in [6.07, 6.45) is 1.63. The van der Waals surface area contributed by atoms with Crippen LogP contribution in [0.4, 0.5) is 13.2 Å². The molecular weight excluding hydrogens is 482 g/mol. The smallest absolute Gasteiger partial charge is 0.550 e. The summed E-state index contributed by atoms with van der Waals surface area (Å²) in [7, 11) is 0. The number of rotatable bonds is 6. The summed E-state index contributed by atoms with van der Waals surface area (Å²) >= 11 is 0. The fourth-order valence-corrected chi connectivity index (χ4v) is 4.98. The molecular formula is C26H23F3N3NaO3. The molecule has 0 radical (unpaired) electrons. The maximum Gasteiger partial charge on any atom is 1.00 e. The Hall–Kier alpha value is -2.62. The van der Waals surface area contributed by atoms with Gasteiger partial charge < -0.3 is 19.0 Å². The summed E-state index contributed by atoms with van der Waals surface area (Å²) in [5.74, 6) is -0.980. The van der Waals surface area contributed by atoms with Gasteiger partial charge in [0.15, 0.2) is 0 Å². The fraction of sp³-hybridized carbons (Fsp3) is 0.346. The van der Waals surface area contributed by atoms with Gasteiger partial charge in [0.25, 0.3) is 5.89 Å². The van der Waals surface area contributed by atoms with Crippen molar-refractivity contribution < 1.29 is 57.2 Å². The van der Waals surface area contributed by atoms with E-state index in [0.717, 1.165) is 49.1 Å². The molecule has 1 saturated carbocycles. The molecule has 0 N–H and O–H groups in total. The third-order valence-corrected chi connectivity index (χ3v) is 6.69. The van der Waals surface area contributed by atoms with Gasteiger partial charge in [0.05, 0.1) is 5.56 Å². The van der Waals surface area contributed by atoms with Crippen molar-refractivity contribution in [3.05, 3.63) is 59.8 Å². The van der Waals surface area contributed by atoms with Gasteiger partial charge in [0.1, 0.15) is 0 Å². The van der Waals surface area contributed by atoms with Gasteiger partial charge in [0.2, 0.25) is 5.82 Å². The SMILES string of the molecule is O=C([O-])CCn1ccc2c(-c3noc(-c4ccc(C5CCCCC5)c(C(F)(F)F)c4)n3)cccc21.[Na+]. The molecule has 182 valence electrons. The number of aliphatic carboxylic acids is 1. The molecule has 0 aliphatic heterocycles. The molecule has 4 aromatic rings. The molecule has 2 aromatic carbocycles. The predicted molar refractivity (Wildman–Crippen MR) is 121 cm³/mol. The van der Waals surface area contributed by atoms with E-state index in [9.17, 15) is 23.1 Å². The van der Waals surface area contributed by atoms with Crippen molar-refractivity contribution in [2.45, 2.75) is 57.2 Å². The van der Waals surface area contributed by atoms with E-state index < -0.39 is 17.7 Å². The first kappa shape index (κ1) is 26.4. The van der Waals surface area contributed by atoms with Crippen LogP contribution in [-0.2, 0) is 17.5 Å². The molecule has 6 nitrogen and oxygen atoms in total. The van der Waals surface area contributed by atoms with Crippen LogP contribution in [0.5, 0.6) is 0 Å². The Morgan fingerprint density at radius 1 is 1.11 bits per heavy atom. The first-order chi connectivity index (χ1) is 16.8. The van der Waals surface area contributed by atoms with Gasteiger partial charge in [-0.15, -0.1) is 0 Å². The summed E-state index contributed by atoms with van der Waals surface area (Å²) < 4.78 is 49.0. The Balaban J connectivity index is 0.00000304. The second-order valence-electron chi connectivity index (χ2n) is 8.93. The van der Waals surface area contributed by atoms with Crippen LogP contribution in [0.1, 0.15) is 55.6 Å². The van der Waals surface area contributed by atoms with Crippen molar-refractivity contribution >= 4 is 16.9 Å². The van der Waals surface area contributed by atoms with E-state index in [1.54, 1.807) is 35.0 Å². The minimum atomic E-state index is -4.48. The Labute approximate surface area is 227 Å². The molecule has 0 spiro atoms. The van der Waals surface area contributed by atoms with E-state index >= 15 is 0 Å². The van der Waals surface area contributed by atoms with Gasteiger partial charge in [0, 0.05) is 47.2 Å². The summed E-state index contributed by atoms with van der Waals surface area (Å²) in [6.45, 7) is 0.250. The Morgan fingerprint density at radius 3 is 2.61 bits per heavy atom. The van der Waals surface area contributed by atoms with Crippen molar-refractivity contribution in [2.75, 3.05) is 0 Å². The van der Waals surface area contributed by atoms with Crippen molar-refractivity contribution in [3.8, 4) is 22.8 Å². The van der Waals surface area contributed by atoms with E-state index in [4.69, 9.17) is 4.52 Å². The number of carbonyl (C=O) groups is 1. The minimum absolute atomic E-state index is 0. The van der Waals surface area contributed by atoms with Crippen molar-refractivity contribution in [2.24, 2.45) is 0 Å². The number of hydrogen-bond acceptors (Lipinski definition) is 5. The molecule has 1 fully saturated rings. The number of carboxylic acids is 1. The zero-order chi connectivity index (χ0) is 24.6. The molecule has 10 heteroatoms. The van der Waals surface area contributed by atoms with E-state index in [1.807, 2.05) is 12.1 Å². The van der Waals surface area contributed by atoms with Gasteiger partial charge in [-0.3, -0.25) is 0 Å². The molecule has 1 aliphatic carbocycles. The Morgan fingerprint density at radius 2 is 1.89 bits per heavy atom. The van der Waals surface area contributed by atoms with Crippen LogP contribution < -0.4 is 34.7 Å². The van der Waals surface area contributed by atoms with Crippen molar-refractivity contribution in [3.63, 3.8) is 0 Å². The first-order valence-corrected chi connectivity index (χ1v) is 11.6. The van der Waals surface area contributed by atoms with Crippen LogP contribution >= 0.6 is 0 Å². The third kappa shape index (κ3) is 5.38. The number of benzene rings is 2. The summed E-state index contributed by atoms with van der Waals surface area (Å²) in [4.78, 5) is 15.2. The number of alkyl halides is 3. The molecule has 0 atom stereocenters. The number of fused-ring (bicyclic) bond motifs is 1. The van der Waals surface area contributed by atoms with Crippen LogP contribution in [0.25, 0.3) is 33.7 Å². The van der Waals surface area contributed by atoms with Crippen LogP contribution in [0, 0.1) is 0 Å². The summed E-state index contributed by atoms with van der Waals surface area (Å²) in [5.41, 5.74) is 1.33. The van der Waals surface area contributed by atoms with E-state index in [2.05, 4.69) is 10.1 Å². The van der Waals surface area contributed by atoms with Gasteiger partial charge in [-0.25, -0.2) is 0 Å². The van der Waals surface area contributed by atoms with Crippen LogP contribution in [0.2, 0.25) is 0 Å². The first-order valence-electron chi connectivity index (χ1n) is 11.6. The molecule has 0 unspecified atom stereocenters. The number of hydrogen-bond donors (Lipinski definition) is 0. The summed E-state index contributed by atoms with van der Waals surface area (Å²) in [5, 5.41) is 15.6. The molecule has 2 aromatic heterocycles. The maximum absolute atomic E-state index is 13.9. The zero-order valence-electron chi connectivity index (χ0n) is 19.8. The van der Waals surface area contributed by atoms with Gasteiger partial charge in [-0.05, 0) is 48.6 Å². The number of aromatic nitrogens is 3. The van der Waals surface area contributed by atoms with E-state index in [-0.39, 0.29) is 65.7 Å². The summed E-state index contributed by atoms with van der Waals surface area (Å²) in [6, 6.07) is 11.5. The number of carboxylic acid groups (broad SMARTS) is 1. The Bertz CT molecular complexity index is 1370. The van der Waals surface area contributed by atoms with Gasteiger partial charge in [-0.1, -0.05) is 42.6 Å². The minimum Gasteiger partial charge on any atom is -0.550 e. The van der Waals surface area contributed by atoms with Crippen LogP contribution in [-0.4, -0.2) is 20.7 Å². The van der Waals surface area contributed by atoms with Gasteiger partial charge >= 0.3 is 35.7 Å². The predicted octanol–water partition coefficient (Wildman–Crippen LogP) is 2.57. The standard InChI is InChI=1S/C26H24F3N3O3.Na/c27-26(28,29)21-15-17(9-10-18(21)16-5-2-1-3-6-16)25-30-24(31-35-25)20-7-4-8-22-19(20)11-13-32(22)14-12-23(33)34;/h4,7-11,13,15-16H,1-3,5-6,12,14H2,(H,33,34);/q;+1/p-1. The average Bonchev–Trinajstić information content (AvgIpc) is 3.50. The molecule has 36 heavy (non-hydrogen) atoms. The number of halogens is 3. The monoisotopic (exact) mass is 505 g/mol. The molecule has 1 aliphatic rings. The largest absolute Gasteiger partial charge is 1.00 e. The van der Waals surface area contributed by atoms with E-state index in [0.29, 0.717) is 11.1 Å². The van der Waals surface area contributed by atoms with Crippen molar-refractivity contribution in [1.82, 2.24) is 14.7 Å². The topological polar surface area (TPSA) is 84.0 Å². The Kier molecular flexibility index (Phi) is 7.92. The van der Waals surface area contributed by atoms with Gasteiger partial charge in [-0.2, -0.15) is 18.2 Å². The molecule has 0 amide bonds. The zero-order valence-corrected chi connectivity index (χ0v) is 21.8. The number of nitrogens with zero attached hydrogens (tertiary/aromatic N) is 3. The van der Waals surface area contributed by atoms with Crippen LogP contribution in [0.15, 0.2) is 53.2 Å². The quantitative estimate of drug-likeness (QED) is 0.376. The molecule has 5 rings (SSSR count). The molecule has 2 heterocycles. The maximum atomic E-state index is 13.9. The normalized spacial score (nSPS) is 14.6. The fourth-order valence-electron chi connectivity index (χ4n) is 4.98. The second-order valence-corrected chi connectivity index (χ2v) is 8.93. The molecule has 0 bridgehead atoms. The van der Waals surface area contributed by atoms with E-state index in [1.165, 1.54) is 0 Å². The third-order valence-electron chi connectivity index (χ3n) is 6.69.